The summed E-state index contributed by atoms with van der Waals surface area (Å²) in [5, 5.41) is 13.7. The van der Waals surface area contributed by atoms with Crippen molar-refractivity contribution in [1.82, 2.24) is 5.32 Å². The van der Waals surface area contributed by atoms with Crippen molar-refractivity contribution in [3.63, 3.8) is 0 Å². The van der Waals surface area contributed by atoms with E-state index in [2.05, 4.69) is 5.32 Å². The molecule has 0 aromatic heterocycles. The zero-order valence-electron chi connectivity index (χ0n) is 13.0. The predicted molar refractivity (Wildman–Crippen MR) is 86.8 cm³/mol. The van der Waals surface area contributed by atoms with Gasteiger partial charge in [0.1, 0.15) is 5.75 Å². The lowest BCUT2D eigenvalue weighted by Crippen LogP contribution is -2.28. The van der Waals surface area contributed by atoms with Crippen molar-refractivity contribution in [3.05, 3.63) is 69.8 Å². The Labute approximate surface area is 134 Å². The van der Waals surface area contributed by atoms with E-state index in [0.717, 1.165) is 5.56 Å². The molecule has 0 saturated heterocycles. The minimum absolute atomic E-state index is 0.129. The molecule has 0 heterocycles. The first-order valence-corrected chi connectivity index (χ1v) is 7.18. The van der Waals surface area contributed by atoms with Crippen molar-refractivity contribution in [2.75, 3.05) is 13.7 Å². The number of carbonyl (C=O) groups excluding carboxylic acids is 1. The highest BCUT2D eigenvalue weighted by atomic mass is 16.6. The first kappa shape index (κ1) is 16.5. The SMILES string of the molecule is COc1ccc([N+](=O)[O-])cc1C(=O)NCC(C)c1ccccc1. The molecular weight excluding hydrogens is 296 g/mol. The van der Waals surface area contributed by atoms with E-state index >= 15 is 0 Å². The maximum Gasteiger partial charge on any atom is 0.270 e. The molecule has 0 saturated carbocycles. The Morgan fingerprint density at radius 1 is 1.26 bits per heavy atom. The number of rotatable bonds is 6. The Morgan fingerprint density at radius 3 is 2.57 bits per heavy atom. The molecule has 0 aliphatic heterocycles. The summed E-state index contributed by atoms with van der Waals surface area (Å²) < 4.78 is 5.11. The lowest BCUT2D eigenvalue weighted by molar-refractivity contribution is -0.384. The summed E-state index contributed by atoms with van der Waals surface area (Å²) in [6.45, 7) is 2.43. The van der Waals surface area contributed by atoms with Crippen LogP contribution in [0.15, 0.2) is 48.5 Å². The second-order valence-corrected chi connectivity index (χ2v) is 5.16. The van der Waals surface area contributed by atoms with Crippen molar-refractivity contribution < 1.29 is 14.5 Å². The number of hydrogen-bond acceptors (Lipinski definition) is 4. The van der Waals surface area contributed by atoms with Gasteiger partial charge >= 0.3 is 0 Å². The third kappa shape index (κ3) is 4.06. The molecule has 0 fully saturated rings. The predicted octanol–water partition coefficient (Wildman–Crippen LogP) is 3.14. The Morgan fingerprint density at radius 2 is 1.96 bits per heavy atom. The van der Waals surface area contributed by atoms with Gasteiger partial charge in [0.15, 0.2) is 0 Å². The largest absolute Gasteiger partial charge is 0.496 e. The van der Waals surface area contributed by atoms with Gasteiger partial charge in [0.05, 0.1) is 17.6 Å². The van der Waals surface area contributed by atoms with Crippen LogP contribution in [-0.2, 0) is 0 Å². The Kier molecular flexibility index (Phi) is 5.30. The highest BCUT2D eigenvalue weighted by Gasteiger charge is 2.18. The van der Waals surface area contributed by atoms with Crippen molar-refractivity contribution in [1.29, 1.82) is 0 Å². The third-order valence-corrected chi connectivity index (χ3v) is 3.58. The molecule has 23 heavy (non-hydrogen) atoms. The molecule has 120 valence electrons. The zero-order valence-corrected chi connectivity index (χ0v) is 13.0. The summed E-state index contributed by atoms with van der Waals surface area (Å²) in [5.74, 6) is 0.0404. The van der Waals surface area contributed by atoms with Crippen LogP contribution in [0.3, 0.4) is 0 Å². The summed E-state index contributed by atoms with van der Waals surface area (Å²) in [5.41, 5.74) is 1.12. The molecule has 6 heteroatoms. The van der Waals surface area contributed by atoms with E-state index in [9.17, 15) is 14.9 Å². The van der Waals surface area contributed by atoms with Crippen molar-refractivity contribution in [2.45, 2.75) is 12.8 Å². The summed E-state index contributed by atoms with van der Waals surface area (Å²) >= 11 is 0. The Balaban J connectivity index is 2.11. The molecule has 2 rings (SSSR count). The van der Waals surface area contributed by atoms with Gasteiger partial charge in [0.25, 0.3) is 11.6 Å². The molecule has 1 unspecified atom stereocenters. The number of amides is 1. The van der Waals surface area contributed by atoms with Crippen molar-refractivity contribution in [2.24, 2.45) is 0 Å². The summed E-state index contributed by atoms with van der Waals surface area (Å²) in [6, 6.07) is 13.8. The topological polar surface area (TPSA) is 81.5 Å². The van der Waals surface area contributed by atoms with E-state index in [0.29, 0.717) is 12.3 Å². The van der Waals surface area contributed by atoms with Crippen LogP contribution in [0.25, 0.3) is 0 Å². The molecule has 0 radical (unpaired) electrons. The number of benzene rings is 2. The van der Waals surface area contributed by atoms with E-state index < -0.39 is 10.8 Å². The van der Waals surface area contributed by atoms with E-state index in [1.807, 2.05) is 37.3 Å². The number of nitrogens with one attached hydrogen (secondary N) is 1. The molecule has 0 aliphatic rings. The number of nitrogens with zero attached hydrogens (tertiary/aromatic N) is 1. The number of non-ortho nitro benzene ring substituents is 1. The number of nitro groups is 1. The molecule has 1 atom stereocenters. The van der Waals surface area contributed by atoms with Crippen molar-refractivity contribution in [3.8, 4) is 5.75 Å². The van der Waals surface area contributed by atoms with Crippen LogP contribution < -0.4 is 10.1 Å². The minimum atomic E-state index is -0.539. The quantitative estimate of drug-likeness (QED) is 0.656. The summed E-state index contributed by atoms with van der Waals surface area (Å²) in [6.07, 6.45) is 0. The minimum Gasteiger partial charge on any atom is -0.496 e. The standard InChI is InChI=1S/C17H18N2O4/c1-12(13-6-4-3-5-7-13)11-18-17(20)15-10-14(19(21)22)8-9-16(15)23-2/h3-10,12H,11H2,1-2H3,(H,18,20). The number of ether oxygens (including phenoxy) is 1. The first-order valence-electron chi connectivity index (χ1n) is 7.18. The van der Waals surface area contributed by atoms with Gasteiger partial charge in [-0.2, -0.15) is 0 Å². The maximum atomic E-state index is 12.3. The molecule has 6 nitrogen and oxygen atoms in total. The zero-order chi connectivity index (χ0) is 16.8. The summed E-state index contributed by atoms with van der Waals surface area (Å²) in [7, 11) is 1.42. The van der Waals surface area contributed by atoms with Gasteiger partial charge in [-0.25, -0.2) is 0 Å². The van der Waals surface area contributed by atoms with Crippen LogP contribution in [0.2, 0.25) is 0 Å². The average Bonchev–Trinajstić information content (AvgIpc) is 2.59. The second kappa shape index (κ2) is 7.40. The number of nitro benzene ring substituents is 1. The smallest absolute Gasteiger partial charge is 0.270 e. The van der Waals surface area contributed by atoms with E-state index in [1.54, 1.807) is 0 Å². The molecule has 0 spiro atoms. The highest BCUT2D eigenvalue weighted by Crippen LogP contribution is 2.24. The van der Waals surface area contributed by atoms with Crippen molar-refractivity contribution >= 4 is 11.6 Å². The number of carbonyl (C=O) groups is 1. The van der Waals surface area contributed by atoms with E-state index in [4.69, 9.17) is 4.74 Å². The lowest BCUT2D eigenvalue weighted by atomic mass is 10.0. The average molecular weight is 314 g/mol. The molecule has 0 bridgehead atoms. The molecule has 1 amide bonds. The normalized spacial score (nSPS) is 11.6. The van der Waals surface area contributed by atoms with Gasteiger partial charge in [-0.1, -0.05) is 37.3 Å². The molecule has 2 aromatic carbocycles. The molecule has 0 aliphatic carbocycles. The van der Waals surface area contributed by atoms with Gasteiger partial charge in [-0.05, 0) is 17.5 Å². The lowest BCUT2D eigenvalue weighted by Gasteiger charge is -2.14. The van der Waals surface area contributed by atoms with Crippen LogP contribution in [0.5, 0.6) is 5.75 Å². The van der Waals surface area contributed by atoms with Gasteiger partial charge in [0, 0.05) is 18.7 Å². The molecular formula is C17H18N2O4. The highest BCUT2D eigenvalue weighted by molar-refractivity contribution is 5.97. The Bertz CT molecular complexity index is 701. The van der Waals surface area contributed by atoms with Crippen LogP contribution >= 0.6 is 0 Å². The fourth-order valence-electron chi connectivity index (χ4n) is 2.23. The van der Waals surface area contributed by atoms with Crippen LogP contribution in [0.4, 0.5) is 5.69 Å². The molecule has 1 N–H and O–H groups in total. The number of hydrogen-bond donors (Lipinski definition) is 1. The van der Waals surface area contributed by atoms with Gasteiger partial charge in [0.2, 0.25) is 0 Å². The van der Waals surface area contributed by atoms with Gasteiger partial charge in [-0.15, -0.1) is 0 Å². The summed E-state index contributed by atoms with van der Waals surface area (Å²) in [4.78, 5) is 22.6. The van der Waals surface area contributed by atoms with Gasteiger partial charge < -0.3 is 10.1 Å². The third-order valence-electron chi connectivity index (χ3n) is 3.58. The Hall–Kier alpha value is -2.89. The fourth-order valence-corrected chi connectivity index (χ4v) is 2.23. The first-order chi connectivity index (χ1) is 11.0. The number of methoxy groups -OCH3 is 1. The fraction of sp³-hybridized carbons (Fsp3) is 0.235. The van der Waals surface area contributed by atoms with Crippen LogP contribution in [-0.4, -0.2) is 24.5 Å². The van der Waals surface area contributed by atoms with Gasteiger partial charge in [-0.3, -0.25) is 14.9 Å². The monoisotopic (exact) mass is 314 g/mol. The molecule has 2 aromatic rings. The van der Waals surface area contributed by atoms with Crippen LogP contribution in [0.1, 0.15) is 28.8 Å². The second-order valence-electron chi connectivity index (χ2n) is 5.16. The van der Waals surface area contributed by atoms with E-state index in [-0.39, 0.29) is 17.2 Å². The van der Waals surface area contributed by atoms with E-state index in [1.165, 1.54) is 25.3 Å². The van der Waals surface area contributed by atoms with Crippen LogP contribution in [0, 0.1) is 10.1 Å². The maximum absolute atomic E-state index is 12.3.